The predicted octanol–water partition coefficient (Wildman–Crippen LogP) is 5.20. The summed E-state index contributed by atoms with van der Waals surface area (Å²) in [5, 5.41) is 24.5. The number of amides is 5. The van der Waals surface area contributed by atoms with Crippen LogP contribution in [0.4, 0.5) is 10.6 Å². The zero-order chi connectivity index (χ0) is 68.1. The number of esters is 2. The van der Waals surface area contributed by atoms with Gasteiger partial charge >= 0.3 is 18.0 Å². The molecule has 4 aliphatic rings. The third-order valence-corrected chi connectivity index (χ3v) is 18.2. The number of morpholine rings is 1. The average molecular weight is 1350 g/mol. The molecule has 1 saturated carbocycles. The largest absolute Gasteiger partial charge is 0.460 e. The Hall–Kier alpha value is -6.96. The lowest BCUT2D eigenvalue weighted by molar-refractivity contribution is -0.194. The molecule has 0 spiro atoms. The van der Waals surface area contributed by atoms with Gasteiger partial charge in [0.15, 0.2) is 29.8 Å². The number of aliphatic hydroxyl groups is 2. The molecular formula is C66H95N9O19S. The normalized spacial score (nSPS) is 19.0. The number of methoxy groups -OCH3 is 2. The summed E-state index contributed by atoms with van der Waals surface area (Å²) < 4.78 is 49.1. The number of furan rings is 1. The molecule has 3 aromatic heterocycles. The van der Waals surface area contributed by atoms with Crippen LogP contribution in [-0.4, -0.2) is 242 Å². The summed E-state index contributed by atoms with van der Waals surface area (Å²) in [4.78, 5) is 120. The number of thioether (sulfide) groups is 1. The van der Waals surface area contributed by atoms with Gasteiger partial charge in [-0.2, -0.15) is 0 Å². The van der Waals surface area contributed by atoms with E-state index in [1.54, 1.807) is 23.2 Å². The van der Waals surface area contributed by atoms with Crippen molar-refractivity contribution in [3.05, 3.63) is 42.6 Å². The molecule has 3 aliphatic heterocycles. The molecule has 1 aromatic carbocycles. The van der Waals surface area contributed by atoms with Crippen LogP contribution in [0.2, 0.25) is 0 Å². The molecular weight excluding hydrogens is 1250 g/mol. The van der Waals surface area contributed by atoms with E-state index in [2.05, 4.69) is 25.4 Å². The molecule has 6 heterocycles. The summed E-state index contributed by atoms with van der Waals surface area (Å²) in [5.41, 5.74) is 2.42. The number of fused-ring (bicyclic) bond motifs is 3. The topological polar surface area (TPSA) is 340 Å². The fourth-order valence-electron chi connectivity index (χ4n) is 11.3. The maximum absolute atomic E-state index is 13.2. The van der Waals surface area contributed by atoms with Crippen LogP contribution in [0.1, 0.15) is 111 Å². The zero-order valence-electron chi connectivity index (χ0n) is 55.4. The van der Waals surface area contributed by atoms with E-state index >= 15 is 0 Å². The third kappa shape index (κ3) is 23.7. The second-order valence-corrected chi connectivity index (χ2v) is 24.9. The second kappa shape index (κ2) is 39.9. The van der Waals surface area contributed by atoms with Gasteiger partial charge in [-0.15, -0.1) is 11.8 Å². The van der Waals surface area contributed by atoms with Crippen LogP contribution < -0.4 is 20.3 Å². The van der Waals surface area contributed by atoms with E-state index in [4.69, 9.17) is 52.3 Å². The number of anilines is 1. The number of ketones is 1. The van der Waals surface area contributed by atoms with Crippen LogP contribution in [0, 0.1) is 11.8 Å². The molecule has 0 radical (unpaired) electrons. The summed E-state index contributed by atoms with van der Waals surface area (Å²) in [5.74, 6) is 1.13. The van der Waals surface area contributed by atoms with E-state index in [1.807, 2.05) is 45.0 Å². The highest BCUT2D eigenvalue weighted by Crippen LogP contribution is 2.36. The van der Waals surface area contributed by atoms with Crippen LogP contribution in [-0.2, 0) is 66.7 Å². The number of pyridine rings is 1. The summed E-state index contributed by atoms with van der Waals surface area (Å²) in [6.07, 6.45) is 5.40. The molecule has 3 saturated heterocycles. The van der Waals surface area contributed by atoms with Crippen LogP contribution >= 0.6 is 11.8 Å². The Morgan fingerprint density at radius 2 is 1.39 bits per heavy atom. The highest BCUT2D eigenvalue weighted by atomic mass is 32.2. The lowest BCUT2D eigenvalue weighted by Gasteiger charge is -2.34. The van der Waals surface area contributed by atoms with Gasteiger partial charge in [0.1, 0.15) is 30.3 Å². The van der Waals surface area contributed by atoms with Crippen molar-refractivity contribution in [3.8, 4) is 17.1 Å². The molecule has 0 bridgehead atoms. The van der Waals surface area contributed by atoms with Gasteiger partial charge in [0.05, 0.1) is 49.3 Å². The number of aliphatic hydroxyl groups excluding tert-OH is 2. The summed E-state index contributed by atoms with van der Waals surface area (Å²) in [7, 11) is 2.86. The van der Waals surface area contributed by atoms with Crippen molar-refractivity contribution < 1.29 is 90.9 Å². The molecule has 4 fully saturated rings. The van der Waals surface area contributed by atoms with Crippen molar-refractivity contribution >= 4 is 87.2 Å². The molecule has 4 N–H and O–H groups in total. The number of nitrogens with zero attached hydrogens (tertiary/aromatic N) is 7. The predicted molar refractivity (Wildman–Crippen MR) is 350 cm³/mol. The molecule has 4 aromatic rings. The van der Waals surface area contributed by atoms with E-state index < -0.39 is 48.1 Å². The minimum atomic E-state index is -0.770. The van der Waals surface area contributed by atoms with Gasteiger partial charge in [-0.05, 0) is 81.5 Å². The molecule has 28 nitrogen and oxygen atoms in total. The van der Waals surface area contributed by atoms with Crippen LogP contribution in [0.5, 0.6) is 5.75 Å². The Labute approximate surface area is 558 Å². The number of nitrogens with one attached hydrogen (secondary N) is 2. The average Bonchev–Trinajstić information content (AvgIpc) is 1.64. The maximum Gasteiger partial charge on any atom is 0.415 e. The number of likely N-dealkylation sites (tertiary alicyclic amines) is 1. The van der Waals surface area contributed by atoms with Crippen LogP contribution in [0.3, 0.4) is 0 Å². The number of ether oxygens (including phenoxy) is 8. The highest BCUT2D eigenvalue weighted by molar-refractivity contribution is 8.00. The van der Waals surface area contributed by atoms with Crippen LogP contribution in [0.15, 0.2) is 47.0 Å². The number of rotatable bonds is 36. The van der Waals surface area contributed by atoms with Gasteiger partial charge in [0.2, 0.25) is 29.3 Å². The molecule has 1 aliphatic carbocycles. The van der Waals surface area contributed by atoms with Gasteiger partial charge in [0, 0.05) is 142 Å². The lowest BCUT2D eigenvalue weighted by Crippen LogP contribution is -2.51. The number of hydrogen-bond donors (Lipinski definition) is 4. The Balaban J connectivity index is 0.000000283. The van der Waals surface area contributed by atoms with Crippen molar-refractivity contribution in [3.63, 3.8) is 0 Å². The van der Waals surface area contributed by atoms with E-state index in [9.17, 15) is 48.6 Å². The molecule has 5 unspecified atom stereocenters. The van der Waals surface area contributed by atoms with Gasteiger partial charge in [-0.25, -0.2) is 19.7 Å². The number of carbonyl (C=O) groups is 8. The zero-order valence-corrected chi connectivity index (χ0v) is 56.2. The first kappa shape index (κ1) is 75.4. The smallest absolute Gasteiger partial charge is 0.415 e. The first-order chi connectivity index (χ1) is 46.1. The molecule has 29 heteroatoms. The Bertz CT molecular complexity index is 3110. The molecule has 524 valence electrons. The van der Waals surface area contributed by atoms with E-state index in [-0.39, 0.29) is 94.0 Å². The summed E-state index contributed by atoms with van der Waals surface area (Å²) >= 11 is 1.37. The van der Waals surface area contributed by atoms with Crippen molar-refractivity contribution in [1.29, 1.82) is 0 Å². The number of hydrogen-bond acceptors (Lipinski definition) is 25. The number of aromatic nitrogens is 3. The number of carbonyl (C=O) groups excluding carboxylic acids is 8. The maximum atomic E-state index is 13.2. The third-order valence-electron chi connectivity index (χ3n) is 17.0. The highest BCUT2D eigenvalue weighted by Gasteiger charge is 2.40. The quantitative estimate of drug-likeness (QED) is 0.0197. The molecule has 5 atom stereocenters. The fraction of sp³-hybridized carbons (Fsp3) is 0.652. The monoisotopic (exact) mass is 1350 g/mol. The van der Waals surface area contributed by atoms with E-state index in [1.165, 1.54) is 30.9 Å². The molecule has 95 heavy (non-hydrogen) atoms. The van der Waals surface area contributed by atoms with Gasteiger partial charge in [-0.1, -0.05) is 32.9 Å². The first-order valence-corrected chi connectivity index (χ1v) is 34.2. The van der Waals surface area contributed by atoms with Crippen molar-refractivity contribution in [2.75, 3.05) is 130 Å². The number of imide groups is 1. The second-order valence-electron chi connectivity index (χ2n) is 23.6. The van der Waals surface area contributed by atoms with Gasteiger partial charge in [0.25, 0.3) is 0 Å². The first-order valence-electron chi connectivity index (χ1n) is 33.2. The molecule has 5 amide bonds. The fourth-order valence-corrected chi connectivity index (χ4v) is 12.3. The van der Waals surface area contributed by atoms with Gasteiger partial charge < -0.3 is 73.0 Å². The lowest BCUT2D eigenvalue weighted by atomic mass is 9.79. The van der Waals surface area contributed by atoms with E-state index in [0.29, 0.717) is 162 Å². The van der Waals surface area contributed by atoms with Crippen molar-refractivity contribution in [2.24, 2.45) is 11.8 Å². The summed E-state index contributed by atoms with van der Waals surface area (Å²) in [6.45, 7) is 11.7. The minimum absolute atomic E-state index is 0.0703. The SMILES string of the molecule is CCC(=O)C1CCC(CN2C(=O)CC(SCCNC(=O)CCCC(=O)OCC(OC)OC(CC)CO)C2=O)CC1.CCC(CO)OC(COC(=O)CCCC(=O)NCCN1CCN(C(=O)Oc2cccc(-c3nc(N4CCOCC4)c4oc5ncccc5c4n3)c2)CC1)OC. The van der Waals surface area contributed by atoms with E-state index in [0.717, 1.165) is 31.1 Å². The Morgan fingerprint density at radius 1 is 0.758 bits per heavy atom. The van der Waals surface area contributed by atoms with Crippen LogP contribution in [0.25, 0.3) is 33.6 Å². The number of piperazine rings is 1. The molecule has 8 rings (SSSR count). The number of benzene rings is 1. The van der Waals surface area contributed by atoms with Crippen molar-refractivity contribution in [1.82, 2.24) is 40.3 Å². The Morgan fingerprint density at radius 3 is 1.99 bits per heavy atom. The summed E-state index contributed by atoms with van der Waals surface area (Å²) in [6, 6.07) is 11.0. The Kier molecular flexibility index (Phi) is 31.7. The van der Waals surface area contributed by atoms with Crippen molar-refractivity contribution in [2.45, 2.75) is 141 Å². The minimum Gasteiger partial charge on any atom is -0.460 e. The standard InChI is InChI=1S/C38H49N7O10.C28H46N2O9S/c1-3-27(24-46)53-32(50-2)25-52-31(48)11-5-10-30(47)39-13-14-43-15-17-45(18-16-43)38(49)54-28-8-4-7-26(23-28)35-41-33-29-9-6-12-40-37(29)55-34(33)36(42-35)44-19-21-51-22-20-44;1-4-21(17-31)39-27(37-3)18-38-26(35)8-6-7-24(33)29-13-14-40-23-15-25(34)30(28(23)36)16-19-9-11-20(12-10-19)22(32)5-2/h4,6-9,12,23,27,32,46H,3,5,10-11,13-22,24-25H2,1-2H3,(H,39,47);19-21,23,27,31H,4-18H2,1-3H3,(H,29,33). The van der Waals surface area contributed by atoms with Gasteiger partial charge in [-0.3, -0.25) is 43.4 Å². The number of Topliss-reactive ketones (excluding diaryl/α,β-unsaturated/α-hetero) is 1.